The van der Waals surface area contributed by atoms with Gasteiger partial charge in [0.25, 0.3) is 0 Å². The molecule has 2 aromatic rings. The fraction of sp³-hybridized carbons (Fsp3) is 0.500. The van der Waals surface area contributed by atoms with Gasteiger partial charge in [-0.25, -0.2) is 4.79 Å². The molecule has 2 amide bonds. The van der Waals surface area contributed by atoms with Gasteiger partial charge >= 0.3 is 6.03 Å². The number of hydrogen-bond acceptors (Lipinski definition) is 5. The molecule has 0 aliphatic heterocycles. The first-order chi connectivity index (χ1) is 10.8. The maximum atomic E-state index is 11.8. The molecule has 2 heterocycles. The van der Waals surface area contributed by atoms with Crippen molar-refractivity contribution in [3.8, 4) is 0 Å². The Morgan fingerprint density at radius 2 is 2.13 bits per heavy atom. The van der Waals surface area contributed by atoms with E-state index >= 15 is 0 Å². The van der Waals surface area contributed by atoms with Gasteiger partial charge in [0.15, 0.2) is 5.76 Å². The van der Waals surface area contributed by atoms with E-state index in [1.54, 1.807) is 26.0 Å². The third-order valence-electron chi connectivity index (χ3n) is 3.46. The number of nitrogens with one attached hydrogen (secondary N) is 2. The molecular weight excluding hydrogens is 298 g/mol. The molecule has 7 nitrogen and oxygen atoms in total. The van der Waals surface area contributed by atoms with Crippen LogP contribution in [0.1, 0.15) is 49.7 Å². The van der Waals surface area contributed by atoms with E-state index in [0.717, 1.165) is 5.69 Å². The minimum atomic E-state index is -1.28. The molecule has 0 aliphatic rings. The zero-order valence-electron chi connectivity index (χ0n) is 13.8. The van der Waals surface area contributed by atoms with Crippen LogP contribution in [0.25, 0.3) is 0 Å². The largest absolute Gasteiger partial charge is 0.463 e. The Morgan fingerprint density at radius 1 is 1.39 bits per heavy atom. The number of urea groups is 1. The predicted molar refractivity (Wildman–Crippen MR) is 83.8 cm³/mol. The molecule has 0 saturated heterocycles. The Labute approximate surface area is 135 Å². The van der Waals surface area contributed by atoms with Crippen LogP contribution in [0.5, 0.6) is 0 Å². The van der Waals surface area contributed by atoms with Crippen LogP contribution in [-0.2, 0) is 12.1 Å². The molecule has 1 atom stereocenters. The lowest BCUT2D eigenvalue weighted by atomic mass is 10.0. The minimum Gasteiger partial charge on any atom is -0.463 e. The van der Waals surface area contributed by atoms with E-state index in [1.165, 1.54) is 0 Å². The summed E-state index contributed by atoms with van der Waals surface area (Å²) in [7, 11) is 0. The van der Waals surface area contributed by atoms with Crippen molar-refractivity contribution in [3.05, 3.63) is 41.2 Å². The zero-order valence-corrected chi connectivity index (χ0v) is 13.8. The summed E-state index contributed by atoms with van der Waals surface area (Å²) in [5, 5.41) is 19.5. The number of carbonyl (C=O) groups excluding carboxylic acids is 1. The van der Waals surface area contributed by atoms with Crippen molar-refractivity contribution in [3.63, 3.8) is 0 Å². The van der Waals surface area contributed by atoms with Crippen LogP contribution in [0.3, 0.4) is 0 Å². The van der Waals surface area contributed by atoms with Crippen molar-refractivity contribution < 1.29 is 18.8 Å². The monoisotopic (exact) mass is 321 g/mol. The van der Waals surface area contributed by atoms with Gasteiger partial charge in [-0.2, -0.15) is 0 Å². The molecule has 0 aliphatic carbocycles. The van der Waals surface area contributed by atoms with Gasteiger partial charge in [-0.3, -0.25) is 0 Å². The molecule has 0 aromatic carbocycles. The standard InChI is InChI=1S/C16H23N3O4/c1-10(2)13-7-12(23-19-13)8-17-15(20)18-9-16(4,21)14-6-5-11(3)22-14/h5-7,10,21H,8-9H2,1-4H3,(H2,17,18,20)/t16-/m0/s1. The first-order valence-corrected chi connectivity index (χ1v) is 7.54. The number of rotatable bonds is 6. The molecule has 7 heteroatoms. The Hall–Kier alpha value is -2.28. The van der Waals surface area contributed by atoms with Crippen molar-refractivity contribution in [2.24, 2.45) is 0 Å². The molecule has 23 heavy (non-hydrogen) atoms. The highest BCUT2D eigenvalue weighted by Gasteiger charge is 2.27. The maximum absolute atomic E-state index is 11.8. The number of aryl methyl sites for hydroxylation is 1. The number of furan rings is 1. The predicted octanol–water partition coefficient (Wildman–Crippen LogP) is 2.41. The second-order valence-electron chi connectivity index (χ2n) is 6.09. The number of nitrogens with zero attached hydrogens (tertiary/aromatic N) is 1. The number of carbonyl (C=O) groups is 1. The summed E-state index contributed by atoms with van der Waals surface area (Å²) in [6, 6.07) is 4.86. The summed E-state index contributed by atoms with van der Waals surface area (Å²) in [4.78, 5) is 11.8. The van der Waals surface area contributed by atoms with Gasteiger partial charge in [-0.15, -0.1) is 0 Å². The lowest BCUT2D eigenvalue weighted by Gasteiger charge is -2.21. The molecule has 3 N–H and O–H groups in total. The number of hydrogen-bond donors (Lipinski definition) is 3. The van der Waals surface area contributed by atoms with Crippen molar-refractivity contribution >= 4 is 6.03 Å². The van der Waals surface area contributed by atoms with E-state index in [-0.39, 0.29) is 19.0 Å². The van der Waals surface area contributed by atoms with Crippen molar-refractivity contribution in [2.75, 3.05) is 6.54 Å². The molecule has 0 bridgehead atoms. The van der Waals surface area contributed by atoms with Crippen LogP contribution >= 0.6 is 0 Å². The molecule has 2 rings (SSSR count). The quantitative estimate of drug-likeness (QED) is 0.758. The zero-order chi connectivity index (χ0) is 17.0. The SMILES string of the molecule is Cc1ccc([C@@](C)(O)CNC(=O)NCc2cc(C(C)C)no2)o1. The molecule has 0 unspecified atom stereocenters. The van der Waals surface area contributed by atoms with E-state index in [0.29, 0.717) is 17.3 Å². The number of aromatic nitrogens is 1. The second kappa shape index (κ2) is 6.87. The van der Waals surface area contributed by atoms with Gasteiger partial charge in [0.1, 0.15) is 17.1 Å². The van der Waals surface area contributed by atoms with Crippen LogP contribution in [0.4, 0.5) is 4.79 Å². The van der Waals surface area contributed by atoms with Crippen molar-refractivity contribution in [1.29, 1.82) is 0 Å². The van der Waals surface area contributed by atoms with Gasteiger partial charge in [0.2, 0.25) is 0 Å². The summed E-state index contributed by atoms with van der Waals surface area (Å²) in [5.74, 6) is 1.97. The summed E-state index contributed by atoms with van der Waals surface area (Å²) < 4.78 is 10.5. The molecule has 126 valence electrons. The number of amides is 2. The van der Waals surface area contributed by atoms with Crippen LogP contribution in [0, 0.1) is 6.92 Å². The molecular formula is C16H23N3O4. The fourth-order valence-electron chi connectivity index (χ4n) is 1.98. The van der Waals surface area contributed by atoms with Crippen molar-refractivity contribution in [1.82, 2.24) is 15.8 Å². The van der Waals surface area contributed by atoms with Gasteiger partial charge in [-0.05, 0) is 31.9 Å². The topological polar surface area (TPSA) is 101 Å². The Bertz CT molecular complexity index is 658. The highest BCUT2D eigenvalue weighted by Crippen LogP contribution is 2.21. The Balaban J connectivity index is 1.80. The minimum absolute atomic E-state index is 0.0272. The molecule has 2 aromatic heterocycles. The van der Waals surface area contributed by atoms with E-state index < -0.39 is 11.6 Å². The second-order valence-corrected chi connectivity index (χ2v) is 6.09. The molecule has 0 spiro atoms. The third kappa shape index (κ3) is 4.59. The Kier molecular flexibility index (Phi) is 5.10. The van der Waals surface area contributed by atoms with Gasteiger partial charge in [0, 0.05) is 6.07 Å². The average Bonchev–Trinajstić information content (AvgIpc) is 3.12. The highest BCUT2D eigenvalue weighted by molar-refractivity contribution is 5.73. The van der Waals surface area contributed by atoms with E-state index in [2.05, 4.69) is 15.8 Å². The summed E-state index contributed by atoms with van der Waals surface area (Å²) in [5.41, 5.74) is -0.429. The van der Waals surface area contributed by atoms with Crippen LogP contribution in [0.15, 0.2) is 27.1 Å². The van der Waals surface area contributed by atoms with Crippen LogP contribution in [0.2, 0.25) is 0 Å². The lowest BCUT2D eigenvalue weighted by molar-refractivity contribution is 0.0359. The van der Waals surface area contributed by atoms with Gasteiger partial charge < -0.3 is 24.7 Å². The normalized spacial score (nSPS) is 13.8. The summed E-state index contributed by atoms with van der Waals surface area (Å²) in [6.45, 7) is 7.66. The maximum Gasteiger partial charge on any atom is 0.315 e. The molecule has 0 fully saturated rings. The van der Waals surface area contributed by atoms with Gasteiger partial charge in [0.05, 0.1) is 18.8 Å². The van der Waals surface area contributed by atoms with Crippen LogP contribution in [-0.4, -0.2) is 22.8 Å². The van der Waals surface area contributed by atoms with Gasteiger partial charge in [-0.1, -0.05) is 19.0 Å². The van der Waals surface area contributed by atoms with Crippen LogP contribution < -0.4 is 10.6 Å². The summed E-state index contributed by atoms with van der Waals surface area (Å²) >= 11 is 0. The average molecular weight is 321 g/mol. The lowest BCUT2D eigenvalue weighted by Crippen LogP contribution is -2.43. The third-order valence-corrected chi connectivity index (χ3v) is 3.46. The first kappa shape index (κ1) is 17.1. The fourth-order valence-corrected chi connectivity index (χ4v) is 1.98. The molecule has 0 radical (unpaired) electrons. The summed E-state index contributed by atoms with van der Waals surface area (Å²) in [6.07, 6.45) is 0. The smallest absolute Gasteiger partial charge is 0.315 e. The van der Waals surface area contributed by atoms with E-state index in [4.69, 9.17) is 8.94 Å². The Morgan fingerprint density at radius 3 is 2.70 bits per heavy atom. The van der Waals surface area contributed by atoms with E-state index in [1.807, 2.05) is 19.9 Å². The first-order valence-electron chi connectivity index (χ1n) is 7.54. The van der Waals surface area contributed by atoms with Crippen molar-refractivity contribution in [2.45, 2.75) is 45.8 Å². The molecule has 0 saturated carbocycles. The highest BCUT2D eigenvalue weighted by atomic mass is 16.5. The number of aliphatic hydroxyl groups is 1. The van der Waals surface area contributed by atoms with E-state index in [9.17, 15) is 9.90 Å².